The normalized spacial score (nSPS) is 21.9. The summed E-state index contributed by atoms with van der Waals surface area (Å²) in [5.41, 5.74) is 1.19. The molecule has 1 fully saturated rings. The van der Waals surface area contributed by atoms with Crippen molar-refractivity contribution in [2.24, 2.45) is 0 Å². The highest BCUT2D eigenvalue weighted by molar-refractivity contribution is 7.98. The van der Waals surface area contributed by atoms with Crippen LogP contribution in [0.15, 0.2) is 18.3 Å². The van der Waals surface area contributed by atoms with Crippen molar-refractivity contribution in [2.75, 3.05) is 17.7 Å². The van der Waals surface area contributed by atoms with Gasteiger partial charge in [-0.2, -0.15) is 11.8 Å². The van der Waals surface area contributed by atoms with Gasteiger partial charge in [0.05, 0.1) is 18.3 Å². The van der Waals surface area contributed by atoms with Crippen molar-refractivity contribution in [1.82, 2.24) is 4.98 Å². The monoisotopic (exact) mass is 310 g/mol. The third-order valence-electron chi connectivity index (χ3n) is 3.30. The lowest BCUT2D eigenvalue weighted by molar-refractivity contribution is -0.0953. The van der Waals surface area contributed by atoms with E-state index in [0.29, 0.717) is 12.1 Å². The van der Waals surface area contributed by atoms with E-state index in [1.165, 1.54) is 5.56 Å². The molecule has 1 aliphatic rings. The SMILES string of the molecule is CC(C)(C)OC1CC(Nc2cc(CSCCO)ccn2)C1. The van der Waals surface area contributed by atoms with Gasteiger partial charge in [-0.3, -0.25) is 0 Å². The number of nitrogens with one attached hydrogen (secondary N) is 1. The van der Waals surface area contributed by atoms with Gasteiger partial charge in [-0.05, 0) is 51.3 Å². The van der Waals surface area contributed by atoms with Gasteiger partial charge in [0.2, 0.25) is 0 Å². The molecule has 0 bridgehead atoms. The average molecular weight is 310 g/mol. The molecule has 2 N–H and O–H groups in total. The summed E-state index contributed by atoms with van der Waals surface area (Å²) >= 11 is 1.73. The van der Waals surface area contributed by atoms with Crippen LogP contribution in [0, 0.1) is 0 Å². The fraction of sp³-hybridized carbons (Fsp3) is 0.688. The third-order valence-corrected chi connectivity index (χ3v) is 4.30. The van der Waals surface area contributed by atoms with Crippen LogP contribution in [-0.2, 0) is 10.5 Å². The standard InChI is InChI=1S/C16H26N2O2S/c1-16(2,3)20-14-9-13(10-14)18-15-8-12(4-5-17-15)11-21-7-6-19/h4-5,8,13-14,19H,6-7,9-11H2,1-3H3,(H,17,18). The number of aromatic nitrogens is 1. The summed E-state index contributed by atoms with van der Waals surface area (Å²) in [5, 5.41) is 12.3. The Kier molecular flexibility index (Phi) is 5.90. The summed E-state index contributed by atoms with van der Waals surface area (Å²) in [6, 6.07) is 4.59. The Morgan fingerprint density at radius 2 is 2.19 bits per heavy atom. The second-order valence-corrected chi connectivity index (χ2v) is 7.60. The van der Waals surface area contributed by atoms with Crippen LogP contribution in [0.4, 0.5) is 5.82 Å². The summed E-state index contributed by atoms with van der Waals surface area (Å²) in [6.45, 7) is 6.53. The zero-order valence-corrected chi connectivity index (χ0v) is 13.9. The number of pyridine rings is 1. The van der Waals surface area contributed by atoms with Crippen LogP contribution in [-0.4, -0.2) is 40.2 Å². The van der Waals surface area contributed by atoms with Crippen LogP contribution in [0.3, 0.4) is 0 Å². The van der Waals surface area contributed by atoms with Crippen molar-refractivity contribution in [3.8, 4) is 0 Å². The summed E-state index contributed by atoms with van der Waals surface area (Å²) < 4.78 is 5.94. The molecule has 1 aromatic rings. The maximum absolute atomic E-state index is 8.81. The lowest BCUT2D eigenvalue weighted by atomic mass is 9.88. The van der Waals surface area contributed by atoms with E-state index >= 15 is 0 Å². The van der Waals surface area contributed by atoms with Crippen LogP contribution in [0.1, 0.15) is 39.2 Å². The molecule has 0 radical (unpaired) electrons. The van der Waals surface area contributed by atoms with E-state index in [9.17, 15) is 0 Å². The van der Waals surface area contributed by atoms with Crippen molar-refractivity contribution >= 4 is 17.6 Å². The quantitative estimate of drug-likeness (QED) is 0.758. The van der Waals surface area contributed by atoms with Gasteiger partial charge < -0.3 is 15.2 Å². The van der Waals surface area contributed by atoms with E-state index in [0.717, 1.165) is 30.2 Å². The Morgan fingerprint density at radius 1 is 1.43 bits per heavy atom. The number of anilines is 1. The van der Waals surface area contributed by atoms with E-state index in [1.807, 2.05) is 12.3 Å². The Balaban J connectivity index is 1.75. The second kappa shape index (κ2) is 7.47. The average Bonchev–Trinajstić information content (AvgIpc) is 2.35. The molecule has 0 saturated heterocycles. The fourth-order valence-corrected chi connectivity index (χ4v) is 3.08. The molecule has 0 aliphatic heterocycles. The number of aliphatic hydroxyl groups excluding tert-OH is 1. The van der Waals surface area contributed by atoms with E-state index in [2.05, 4.69) is 37.1 Å². The lowest BCUT2D eigenvalue weighted by Crippen LogP contribution is -2.44. The first kappa shape index (κ1) is 16.6. The molecule has 21 heavy (non-hydrogen) atoms. The van der Waals surface area contributed by atoms with E-state index in [-0.39, 0.29) is 12.2 Å². The van der Waals surface area contributed by atoms with Gasteiger partial charge in [0.15, 0.2) is 0 Å². The molecule has 1 aliphatic carbocycles. The van der Waals surface area contributed by atoms with Gasteiger partial charge in [-0.15, -0.1) is 0 Å². The van der Waals surface area contributed by atoms with Crippen molar-refractivity contribution in [1.29, 1.82) is 0 Å². The highest BCUT2D eigenvalue weighted by Crippen LogP contribution is 2.30. The van der Waals surface area contributed by atoms with Crippen LogP contribution < -0.4 is 5.32 Å². The van der Waals surface area contributed by atoms with E-state index in [4.69, 9.17) is 9.84 Å². The minimum Gasteiger partial charge on any atom is -0.396 e. The first-order valence-corrected chi connectivity index (χ1v) is 8.69. The van der Waals surface area contributed by atoms with Gasteiger partial charge >= 0.3 is 0 Å². The molecule has 1 heterocycles. The van der Waals surface area contributed by atoms with Crippen LogP contribution >= 0.6 is 11.8 Å². The van der Waals surface area contributed by atoms with Crippen LogP contribution in [0.5, 0.6) is 0 Å². The summed E-state index contributed by atoms with van der Waals surface area (Å²) in [4.78, 5) is 4.38. The topological polar surface area (TPSA) is 54.4 Å². The molecular weight excluding hydrogens is 284 g/mol. The van der Waals surface area contributed by atoms with Gasteiger partial charge in [-0.25, -0.2) is 4.98 Å². The Morgan fingerprint density at radius 3 is 2.86 bits per heavy atom. The highest BCUT2D eigenvalue weighted by atomic mass is 32.2. The van der Waals surface area contributed by atoms with Crippen molar-refractivity contribution in [3.63, 3.8) is 0 Å². The predicted octanol–water partition coefficient (Wildman–Crippen LogP) is 3.07. The first-order chi connectivity index (χ1) is 9.96. The van der Waals surface area contributed by atoms with Crippen molar-refractivity contribution in [2.45, 2.75) is 57.1 Å². The van der Waals surface area contributed by atoms with Gasteiger partial charge in [0.25, 0.3) is 0 Å². The number of aliphatic hydroxyl groups is 1. The van der Waals surface area contributed by atoms with Gasteiger partial charge in [-0.1, -0.05) is 0 Å². The summed E-state index contributed by atoms with van der Waals surface area (Å²) in [7, 11) is 0. The molecule has 4 nitrogen and oxygen atoms in total. The summed E-state index contributed by atoms with van der Waals surface area (Å²) in [5.74, 6) is 2.63. The highest BCUT2D eigenvalue weighted by Gasteiger charge is 2.32. The first-order valence-electron chi connectivity index (χ1n) is 7.54. The molecule has 0 atom stereocenters. The summed E-state index contributed by atoms with van der Waals surface area (Å²) in [6.07, 6.45) is 4.30. The van der Waals surface area contributed by atoms with E-state index < -0.39 is 0 Å². The smallest absolute Gasteiger partial charge is 0.126 e. The molecule has 0 spiro atoms. The van der Waals surface area contributed by atoms with Gasteiger partial charge in [0.1, 0.15) is 5.82 Å². The number of rotatable bonds is 7. The largest absolute Gasteiger partial charge is 0.396 e. The second-order valence-electron chi connectivity index (χ2n) is 6.49. The predicted molar refractivity (Wildman–Crippen MR) is 88.8 cm³/mol. The minimum atomic E-state index is -0.0578. The zero-order chi connectivity index (χ0) is 15.3. The molecule has 0 amide bonds. The number of hydrogen-bond donors (Lipinski definition) is 2. The zero-order valence-electron chi connectivity index (χ0n) is 13.1. The molecule has 5 heteroatoms. The Hall–Kier alpha value is -0.780. The lowest BCUT2D eigenvalue weighted by Gasteiger charge is -2.39. The van der Waals surface area contributed by atoms with Crippen LogP contribution in [0.25, 0.3) is 0 Å². The fourth-order valence-electron chi connectivity index (χ4n) is 2.39. The maximum atomic E-state index is 8.81. The van der Waals surface area contributed by atoms with E-state index in [1.54, 1.807) is 11.8 Å². The molecule has 2 rings (SSSR count). The van der Waals surface area contributed by atoms with Crippen molar-refractivity contribution < 1.29 is 9.84 Å². The minimum absolute atomic E-state index is 0.0578. The molecule has 0 aromatic carbocycles. The molecular formula is C16H26N2O2S. The Labute approximate surface area is 131 Å². The third kappa shape index (κ3) is 5.85. The number of nitrogens with zero attached hydrogens (tertiary/aromatic N) is 1. The van der Waals surface area contributed by atoms with Crippen LogP contribution in [0.2, 0.25) is 0 Å². The maximum Gasteiger partial charge on any atom is 0.126 e. The molecule has 1 saturated carbocycles. The van der Waals surface area contributed by atoms with Gasteiger partial charge in [0, 0.05) is 23.7 Å². The molecule has 118 valence electrons. The number of ether oxygens (including phenoxy) is 1. The molecule has 0 unspecified atom stereocenters. The van der Waals surface area contributed by atoms with Crippen molar-refractivity contribution in [3.05, 3.63) is 23.9 Å². The number of hydrogen-bond acceptors (Lipinski definition) is 5. The molecule has 1 aromatic heterocycles. The number of thioether (sulfide) groups is 1. The Bertz CT molecular complexity index is 442.